The number of halogens is 2. The van der Waals surface area contributed by atoms with Crippen molar-refractivity contribution in [3.63, 3.8) is 0 Å². The van der Waals surface area contributed by atoms with Crippen LogP contribution in [0, 0.1) is 6.92 Å². The molecule has 2 aromatic carbocycles. The zero-order valence-electron chi connectivity index (χ0n) is 17.1. The Morgan fingerprint density at radius 2 is 1.84 bits per heavy atom. The molecule has 0 saturated heterocycles. The molecule has 0 saturated carbocycles. The first-order valence-electron chi connectivity index (χ1n) is 9.78. The van der Waals surface area contributed by atoms with E-state index in [4.69, 9.17) is 11.6 Å². The molecule has 0 aliphatic rings. The van der Waals surface area contributed by atoms with E-state index in [2.05, 4.69) is 32.0 Å². The van der Waals surface area contributed by atoms with E-state index in [1.807, 2.05) is 26.0 Å². The summed E-state index contributed by atoms with van der Waals surface area (Å²) in [6.45, 7) is 4.26. The molecule has 31 heavy (non-hydrogen) atoms. The lowest BCUT2D eigenvalue weighted by molar-refractivity contribution is -0.136. The molecule has 0 spiro atoms. The molecule has 0 unspecified atom stereocenters. The van der Waals surface area contributed by atoms with Crippen molar-refractivity contribution >= 4 is 61.8 Å². The van der Waals surface area contributed by atoms with Crippen LogP contribution in [0.1, 0.15) is 35.8 Å². The molecule has 7 nitrogen and oxygen atoms in total. The summed E-state index contributed by atoms with van der Waals surface area (Å²) in [6.07, 6.45) is 1.66. The second-order valence-corrected chi connectivity index (χ2v) is 8.38. The Balaban J connectivity index is 1.92. The number of aryl methyl sites for hydroxylation is 1. The summed E-state index contributed by atoms with van der Waals surface area (Å²) >= 11 is 9.48. The van der Waals surface area contributed by atoms with Crippen LogP contribution in [-0.2, 0) is 9.59 Å². The molecule has 3 N–H and O–H groups in total. The van der Waals surface area contributed by atoms with Crippen molar-refractivity contribution in [3.05, 3.63) is 63.2 Å². The minimum Gasteiger partial charge on any atom is -0.348 e. The van der Waals surface area contributed by atoms with Gasteiger partial charge in [0, 0.05) is 27.1 Å². The molecule has 0 bridgehead atoms. The molecule has 1 aromatic heterocycles. The fourth-order valence-corrected chi connectivity index (χ4v) is 3.69. The van der Waals surface area contributed by atoms with E-state index >= 15 is 0 Å². The van der Waals surface area contributed by atoms with E-state index in [1.165, 1.54) is 4.68 Å². The highest BCUT2D eigenvalue weighted by Gasteiger charge is 2.21. The van der Waals surface area contributed by atoms with Gasteiger partial charge in [0.2, 0.25) is 0 Å². The maximum atomic E-state index is 13.1. The van der Waals surface area contributed by atoms with Crippen LogP contribution in [0.15, 0.2) is 46.9 Å². The van der Waals surface area contributed by atoms with E-state index < -0.39 is 17.7 Å². The summed E-state index contributed by atoms with van der Waals surface area (Å²) in [4.78, 5) is 37.6. The summed E-state index contributed by atoms with van der Waals surface area (Å²) in [6, 6.07) is 12.1. The summed E-state index contributed by atoms with van der Waals surface area (Å²) < 4.78 is 2.20. The van der Waals surface area contributed by atoms with Gasteiger partial charge in [0.1, 0.15) is 5.69 Å². The lowest BCUT2D eigenvalue weighted by Gasteiger charge is -2.13. The minimum atomic E-state index is -0.863. The average molecular weight is 506 g/mol. The molecule has 0 radical (unpaired) electrons. The van der Waals surface area contributed by atoms with Crippen molar-refractivity contribution < 1.29 is 14.4 Å². The second kappa shape index (κ2) is 9.98. The van der Waals surface area contributed by atoms with E-state index in [0.717, 1.165) is 22.9 Å². The molecular formula is C22H22BrClN4O3. The number of benzene rings is 2. The zero-order valence-corrected chi connectivity index (χ0v) is 19.4. The van der Waals surface area contributed by atoms with Gasteiger partial charge in [0.25, 0.3) is 5.91 Å². The molecule has 3 rings (SSSR count). The highest BCUT2D eigenvalue weighted by atomic mass is 79.9. The van der Waals surface area contributed by atoms with Gasteiger partial charge >= 0.3 is 11.8 Å². The number of fused-ring (bicyclic) bond motifs is 1. The highest BCUT2D eigenvalue weighted by Crippen LogP contribution is 2.25. The van der Waals surface area contributed by atoms with Crippen LogP contribution in [0.2, 0.25) is 5.02 Å². The number of anilines is 1. The number of amides is 3. The number of nitrogens with zero attached hydrogens (tertiary/aromatic N) is 1. The van der Waals surface area contributed by atoms with Crippen LogP contribution >= 0.6 is 27.5 Å². The fraction of sp³-hybridized carbons (Fsp3) is 0.227. The van der Waals surface area contributed by atoms with Gasteiger partial charge in [-0.1, -0.05) is 40.9 Å². The van der Waals surface area contributed by atoms with E-state index in [-0.39, 0.29) is 5.69 Å². The fourth-order valence-electron chi connectivity index (χ4n) is 3.04. The number of hydrogen-bond acceptors (Lipinski definition) is 3. The molecule has 3 aromatic rings. The Morgan fingerprint density at radius 1 is 1.06 bits per heavy atom. The third kappa shape index (κ3) is 5.45. The van der Waals surface area contributed by atoms with E-state index in [1.54, 1.807) is 30.3 Å². The Hall–Kier alpha value is -2.84. The quantitative estimate of drug-likeness (QED) is 0.338. The Labute approximate surface area is 193 Å². The predicted molar refractivity (Wildman–Crippen MR) is 126 cm³/mol. The summed E-state index contributed by atoms with van der Waals surface area (Å²) in [5, 5.41) is 6.55. The van der Waals surface area contributed by atoms with Gasteiger partial charge in [-0.05, 0) is 61.4 Å². The summed E-state index contributed by atoms with van der Waals surface area (Å²) in [5.74, 6) is -2.07. The van der Waals surface area contributed by atoms with Gasteiger partial charge in [0.05, 0.1) is 5.52 Å². The normalized spacial score (nSPS) is 10.7. The van der Waals surface area contributed by atoms with Gasteiger partial charge in [-0.15, -0.1) is 0 Å². The minimum absolute atomic E-state index is 0.161. The molecule has 0 aliphatic heterocycles. The first kappa shape index (κ1) is 22.8. The van der Waals surface area contributed by atoms with E-state index in [0.29, 0.717) is 28.2 Å². The van der Waals surface area contributed by atoms with Gasteiger partial charge in [-0.25, -0.2) is 4.68 Å². The Morgan fingerprint density at radius 3 is 2.55 bits per heavy atom. The van der Waals surface area contributed by atoms with Crippen LogP contribution in [0.4, 0.5) is 5.69 Å². The van der Waals surface area contributed by atoms with Gasteiger partial charge in [-0.3, -0.25) is 19.8 Å². The lowest BCUT2D eigenvalue weighted by atomic mass is 10.2. The monoisotopic (exact) mass is 504 g/mol. The van der Waals surface area contributed by atoms with Crippen LogP contribution < -0.4 is 16.1 Å². The molecule has 3 amide bonds. The van der Waals surface area contributed by atoms with Gasteiger partial charge < -0.3 is 10.6 Å². The molecule has 0 fully saturated rings. The number of aromatic nitrogens is 1. The summed E-state index contributed by atoms with van der Waals surface area (Å²) in [7, 11) is 0. The van der Waals surface area contributed by atoms with Crippen molar-refractivity contribution in [1.29, 1.82) is 0 Å². The maximum Gasteiger partial charge on any atom is 0.328 e. The molecule has 0 atom stereocenters. The largest absolute Gasteiger partial charge is 0.348 e. The maximum absolute atomic E-state index is 13.1. The topological polar surface area (TPSA) is 92.2 Å². The third-order valence-corrected chi connectivity index (χ3v) is 5.40. The molecule has 9 heteroatoms. The SMILES string of the molecule is CCCCNC(=O)C(=O)Nn1c(C(=O)Nc2ccc(Br)cc2C)cc2cc(Cl)ccc21. The Bertz CT molecular complexity index is 1160. The Kier molecular flexibility index (Phi) is 7.35. The predicted octanol–water partition coefficient (Wildman–Crippen LogP) is 4.60. The number of unbranched alkanes of at least 4 members (excludes halogenated alkanes) is 1. The van der Waals surface area contributed by atoms with Crippen LogP contribution in [0.5, 0.6) is 0 Å². The van der Waals surface area contributed by atoms with Crippen molar-refractivity contribution in [2.45, 2.75) is 26.7 Å². The zero-order chi connectivity index (χ0) is 22.5. The number of rotatable bonds is 6. The van der Waals surface area contributed by atoms with Crippen molar-refractivity contribution in [2.75, 3.05) is 17.3 Å². The molecular weight excluding hydrogens is 484 g/mol. The molecule has 1 heterocycles. The van der Waals surface area contributed by atoms with Crippen LogP contribution in [0.3, 0.4) is 0 Å². The molecule has 162 valence electrons. The van der Waals surface area contributed by atoms with Crippen molar-refractivity contribution in [2.24, 2.45) is 0 Å². The van der Waals surface area contributed by atoms with Crippen LogP contribution in [0.25, 0.3) is 10.9 Å². The number of nitrogens with one attached hydrogen (secondary N) is 3. The lowest BCUT2D eigenvalue weighted by Crippen LogP contribution is -2.40. The number of hydrogen-bond donors (Lipinski definition) is 3. The first-order chi connectivity index (χ1) is 14.8. The smallest absolute Gasteiger partial charge is 0.328 e. The van der Waals surface area contributed by atoms with Crippen molar-refractivity contribution in [1.82, 2.24) is 9.99 Å². The van der Waals surface area contributed by atoms with E-state index in [9.17, 15) is 14.4 Å². The summed E-state index contributed by atoms with van der Waals surface area (Å²) in [5.41, 5.74) is 4.72. The van der Waals surface area contributed by atoms with Crippen LogP contribution in [-0.4, -0.2) is 28.9 Å². The molecule has 0 aliphatic carbocycles. The van der Waals surface area contributed by atoms with Gasteiger partial charge in [0.15, 0.2) is 0 Å². The van der Waals surface area contributed by atoms with Gasteiger partial charge in [-0.2, -0.15) is 0 Å². The third-order valence-electron chi connectivity index (χ3n) is 4.67. The van der Waals surface area contributed by atoms with Crippen molar-refractivity contribution in [3.8, 4) is 0 Å². The average Bonchev–Trinajstić information content (AvgIpc) is 3.07. The number of carbonyl (C=O) groups is 3. The number of carbonyl (C=O) groups excluding carboxylic acids is 3. The second-order valence-electron chi connectivity index (χ2n) is 7.03. The highest BCUT2D eigenvalue weighted by molar-refractivity contribution is 9.10. The standard InChI is InChI=1S/C22H22BrClN4O3/c1-3-4-9-25-21(30)22(31)27-28-18-8-6-16(24)11-14(18)12-19(28)20(29)26-17-7-5-15(23)10-13(17)2/h5-8,10-12H,3-4,9H2,1-2H3,(H,25,30)(H,26,29)(H,27,31). The first-order valence-corrected chi connectivity index (χ1v) is 10.9.